The van der Waals surface area contributed by atoms with Gasteiger partial charge in [0.2, 0.25) is 0 Å². The van der Waals surface area contributed by atoms with Crippen molar-refractivity contribution in [1.82, 2.24) is 0 Å². The Morgan fingerprint density at radius 2 is 2.00 bits per heavy atom. The fourth-order valence-electron chi connectivity index (χ4n) is 1.71. The summed E-state index contributed by atoms with van der Waals surface area (Å²) >= 11 is 0. The molecule has 0 amide bonds. The average molecular weight is 222 g/mol. The van der Waals surface area contributed by atoms with Gasteiger partial charge in [-0.05, 0) is 18.1 Å². The lowest BCUT2D eigenvalue weighted by molar-refractivity contribution is -0.107. The Hall–Kier alpha value is -1.71. The van der Waals surface area contributed by atoms with Crippen LogP contribution in [0.25, 0.3) is 0 Å². The van der Waals surface area contributed by atoms with E-state index in [0.717, 1.165) is 23.3 Å². The highest BCUT2D eigenvalue weighted by atomic mass is 16.6. The first-order valence-electron chi connectivity index (χ1n) is 5.25. The highest BCUT2D eigenvalue weighted by Gasteiger charge is 2.15. The smallest absolute Gasteiger partial charge is 0.165 e. The van der Waals surface area contributed by atoms with E-state index in [4.69, 9.17) is 14.2 Å². The van der Waals surface area contributed by atoms with E-state index in [1.165, 1.54) is 0 Å². The summed E-state index contributed by atoms with van der Waals surface area (Å²) < 4.78 is 16.2. The van der Waals surface area contributed by atoms with Gasteiger partial charge in [0.25, 0.3) is 0 Å². The van der Waals surface area contributed by atoms with Crippen molar-refractivity contribution in [3.05, 3.63) is 17.7 Å². The number of aldehydes is 1. The van der Waals surface area contributed by atoms with Crippen molar-refractivity contribution in [2.45, 2.75) is 12.8 Å². The number of aryl methyl sites for hydroxylation is 1. The molecular weight excluding hydrogens is 208 g/mol. The van der Waals surface area contributed by atoms with Gasteiger partial charge in [0, 0.05) is 12.5 Å². The number of hydrogen-bond donors (Lipinski definition) is 0. The normalized spacial score (nSPS) is 13.3. The molecule has 1 aliphatic heterocycles. The van der Waals surface area contributed by atoms with Crippen LogP contribution in [-0.2, 0) is 11.2 Å². The maximum absolute atomic E-state index is 10.4. The van der Waals surface area contributed by atoms with E-state index < -0.39 is 0 Å². The van der Waals surface area contributed by atoms with Crippen LogP contribution in [-0.4, -0.2) is 26.6 Å². The van der Waals surface area contributed by atoms with Gasteiger partial charge < -0.3 is 19.0 Å². The molecule has 0 radical (unpaired) electrons. The van der Waals surface area contributed by atoms with Crippen LogP contribution in [0, 0.1) is 0 Å². The predicted molar refractivity (Wildman–Crippen MR) is 58.4 cm³/mol. The summed E-state index contributed by atoms with van der Waals surface area (Å²) in [6, 6.07) is 3.70. The van der Waals surface area contributed by atoms with Crippen LogP contribution >= 0.6 is 0 Å². The van der Waals surface area contributed by atoms with Gasteiger partial charge in [0.05, 0.1) is 7.11 Å². The molecule has 0 aliphatic carbocycles. The quantitative estimate of drug-likeness (QED) is 0.726. The number of fused-ring (bicyclic) bond motifs is 1. The van der Waals surface area contributed by atoms with E-state index in [9.17, 15) is 4.79 Å². The standard InChI is InChI=1S/C12H14O4/c1-14-10-8-12-11(15-5-6-16-12)7-9(10)3-2-4-13/h4,7-8H,2-3,5-6H2,1H3. The molecule has 0 aromatic heterocycles. The van der Waals surface area contributed by atoms with Crippen LogP contribution in [0.4, 0.5) is 0 Å². The van der Waals surface area contributed by atoms with Gasteiger partial charge in [-0.1, -0.05) is 0 Å². The zero-order chi connectivity index (χ0) is 11.4. The van der Waals surface area contributed by atoms with Crippen LogP contribution in [0.2, 0.25) is 0 Å². The molecule has 1 heterocycles. The van der Waals surface area contributed by atoms with Gasteiger partial charge in [0.15, 0.2) is 11.5 Å². The second kappa shape index (κ2) is 4.88. The fourth-order valence-corrected chi connectivity index (χ4v) is 1.71. The minimum atomic E-state index is 0.482. The lowest BCUT2D eigenvalue weighted by atomic mass is 10.1. The molecule has 0 saturated carbocycles. The lowest BCUT2D eigenvalue weighted by Gasteiger charge is -2.20. The van der Waals surface area contributed by atoms with E-state index in [0.29, 0.717) is 31.8 Å². The monoisotopic (exact) mass is 222 g/mol. The second-order valence-electron chi connectivity index (χ2n) is 3.51. The number of benzene rings is 1. The van der Waals surface area contributed by atoms with Crippen molar-refractivity contribution in [3.63, 3.8) is 0 Å². The Morgan fingerprint density at radius 1 is 1.31 bits per heavy atom. The van der Waals surface area contributed by atoms with Gasteiger partial charge in [-0.2, -0.15) is 0 Å². The van der Waals surface area contributed by atoms with Crippen LogP contribution < -0.4 is 14.2 Å². The van der Waals surface area contributed by atoms with Crippen LogP contribution in [0.1, 0.15) is 12.0 Å². The molecule has 0 unspecified atom stereocenters. The van der Waals surface area contributed by atoms with E-state index in [2.05, 4.69) is 0 Å². The van der Waals surface area contributed by atoms with Crippen molar-refractivity contribution >= 4 is 6.29 Å². The molecule has 0 atom stereocenters. The molecule has 4 nitrogen and oxygen atoms in total. The number of rotatable bonds is 4. The van der Waals surface area contributed by atoms with Crippen molar-refractivity contribution < 1.29 is 19.0 Å². The molecule has 0 saturated heterocycles. The molecule has 0 spiro atoms. The van der Waals surface area contributed by atoms with Gasteiger partial charge in [-0.3, -0.25) is 0 Å². The van der Waals surface area contributed by atoms with E-state index in [1.807, 2.05) is 12.1 Å². The van der Waals surface area contributed by atoms with Crippen LogP contribution in [0.3, 0.4) is 0 Å². The minimum Gasteiger partial charge on any atom is -0.496 e. The Labute approximate surface area is 94.1 Å². The summed E-state index contributed by atoms with van der Waals surface area (Å²) in [5.41, 5.74) is 0.971. The molecule has 4 heteroatoms. The molecule has 1 aromatic carbocycles. The van der Waals surface area contributed by atoms with Crippen LogP contribution in [0.5, 0.6) is 17.2 Å². The fraction of sp³-hybridized carbons (Fsp3) is 0.417. The Bertz CT molecular complexity index is 387. The first kappa shape index (κ1) is 10.8. The number of hydrogen-bond acceptors (Lipinski definition) is 4. The molecule has 0 fully saturated rings. The van der Waals surface area contributed by atoms with E-state index >= 15 is 0 Å². The van der Waals surface area contributed by atoms with Crippen molar-refractivity contribution in [2.75, 3.05) is 20.3 Å². The first-order chi connectivity index (χ1) is 7.85. The zero-order valence-corrected chi connectivity index (χ0v) is 9.19. The topological polar surface area (TPSA) is 44.8 Å². The third kappa shape index (κ3) is 2.10. The highest BCUT2D eigenvalue weighted by Crippen LogP contribution is 2.37. The van der Waals surface area contributed by atoms with Crippen molar-refractivity contribution in [3.8, 4) is 17.2 Å². The molecule has 2 rings (SSSR count). The third-order valence-electron chi connectivity index (χ3n) is 2.48. The molecular formula is C12H14O4. The molecule has 1 aromatic rings. The number of ether oxygens (including phenoxy) is 3. The first-order valence-corrected chi connectivity index (χ1v) is 5.25. The third-order valence-corrected chi connectivity index (χ3v) is 2.48. The number of methoxy groups -OCH3 is 1. The van der Waals surface area contributed by atoms with Crippen molar-refractivity contribution in [2.24, 2.45) is 0 Å². The largest absolute Gasteiger partial charge is 0.496 e. The summed E-state index contributed by atoms with van der Waals surface area (Å²) in [5.74, 6) is 2.18. The van der Waals surface area contributed by atoms with E-state index in [1.54, 1.807) is 7.11 Å². The Morgan fingerprint density at radius 3 is 2.62 bits per heavy atom. The summed E-state index contributed by atoms with van der Waals surface area (Å²) in [6.07, 6.45) is 2.04. The minimum absolute atomic E-state index is 0.482. The SMILES string of the molecule is COc1cc2c(cc1CCC=O)OCCO2. The molecule has 0 N–H and O–H groups in total. The summed E-state index contributed by atoms with van der Waals surface area (Å²) in [7, 11) is 1.61. The van der Waals surface area contributed by atoms with E-state index in [-0.39, 0.29) is 0 Å². The Kier molecular flexibility index (Phi) is 3.29. The van der Waals surface area contributed by atoms with Crippen molar-refractivity contribution in [1.29, 1.82) is 0 Å². The predicted octanol–water partition coefficient (Wildman–Crippen LogP) is 1.60. The van der Waals surface area contributed by atoms with Gasteiger partial charge in [-0.15, -0.1) is 0 Å². The highest BCUT2D eigenvalue weighted by molar-refractivity contribution is 5.54. The number of carbonyl (C=O) groups excluding carboxylic acids is 1. The maximum atomic E-state index is 10.4. The molecule has 86 valence electrons. The van der Waals surface area contributed by atoms with Crippen LogP contribution in [0.15, 0.2) is 12.1 Å². The summed E-state index contributed by atoms with van der Waals surface area (Å²) in [5, 5.41) is 0. The van der Waals surface area contributed by atoms with Gasteiger partial charge in [-0.25, -0.2) is 0 Å². The maximum Gasteiger partial charge on any atom is 0.165 e. The molecule has 1 aliphatic rings. The van der Waals surface area contributed by atoms with Gasteiger partial charge >= 0.3 is 0 Å². The Balaban J connectivity index is 2.31. The summed E-state index contributed by atoms with van der Waals surface area (Å²) in [6.45, 7) is 1.12. The zero-order valence-electron chi connectivity index (χ0n) is 9.19. The van der Waals surface area contributed by atoms with Gasteiger partial charge in [0.1, 0.15) is 25.2 Å². The summed E-state index contributed by atoms with van der Waals surface area (Å²) in [4.78, 5) is 10.4. The lowest BCUT2D eigenvalue weighted by Crippen LogP contribution is -2.15. The number of carbonyl (C=O) groups is 1. The molecule has 0 bridgehead atoms. The molecule has 16 heavy (non-hydrogen) atoms. The average Bonchev–Trinajstić information content (AvgIpc) is 2.35. The second-order valence-corrected chi connectivity index (χ2v) is 3.51.